The number of hydrogen-bond acceptors (Lipinski definition) is 6. The van der Waals surface area contributed by atoms with E-state index >= 15 is 0 Å². The average molecular weight is 269 g/mol. The van der Waals surface area contributed by atoms with Gasteiger partial charge in [0.2, 0.25) is 0 Å². The Kier molecular flexibility index (Phi) is 2.41. The fraction of sp³-hybridized carbons (Fsp3) is 0.111. The molecule has 0 atom stereocenters. The molecule has 3 aromatic rings. The number of oxazole rings is 1. The molecule has 0 aromatic carbocycles. The van der Waals surface area contributed by atoms with Crippen molar-refractivity contribution in [2.45, 2.75) is 6.54 Å². The van der Waals surface area contributed by atoms with Gasteiger partial charge in [0.05, 0.1) is 6.54 Å². The molecule has 0 N–H and O–H groups in total. The lowest BCUT2D eigenvalue weighted by Crippen LogP contribution is -2.15. The molecule has 0 amide bonds. The lowest BCUT2D eigenvalue weighted by Gasteiger charge is -1.97. The Bertz CT molecular complexity index is 732. The van der Waals surface area contributed by atoms with E-state index in [0.717, 1.165) is 11.5 Å². The molecule has 17 heavy (non-hydrogen) atoms. The monoisotopic (exact) mass is 268 g/mol. The van der Waals surface area contributed by atoms with Gasteiger partial charge in [0, 0.05) is 17.7 Å². The number of halogens is 1. The summed E-state index contributed by atoms with van der Waals surface area (Å²) >= 11 is 6.96. The predicted octanol–water partition coefficient (Wildman–Crippen LogP) is 1.54. The van der Waals surface area contributed by atoms with E-state index in [1.807, 2.05) is 0 Å². The molecule has 0 aliphatic heterocycles. The molecular weight excluding hydrogens is 264 g/mol. The van der Waals surface area contributed by atoms with Gasteiger partial charge in [-0.25, -0.2) is 9.78 Å². The van der Waals surface area contributed by atoms with Gasteiger partial charge in [-0.1, -0.05) is 16.1 Å². The van der Waals surface area contributed by atoms with Crippen molar-refractivity contribution in [1.29, 1.82) is 0 Å². The number of nitrogens with zero attached hydrogens (tertiary/aromatic N) is 4. The van der Waals surface area contributed by atoms with Gasteiger partial charge in [-0.05, 0) is 12.1 Å². The summed E-state index contributed by atoms with van der Waals surface area (Å²) in [6, 6.07) is 3.38. The predicted molar refractivity (Wildman–Crippen MR) is 62.3 cm³/mol. The van der Waals surface area contributed by atoms with Crippen LogP contribution in [-0.4, -0.2) is 19.1 Å². The first-order chi connectivity index (χ1) is 8.25. The Labute approximate surface area is 104 Å². The van der Waals surface area contributed by atoms with E-state index in [-0.39, 0.29) is 6.54 Å². The Morgan fingerprint density at radius 1 is 1.53 bits per heavy atom. The summed E-state index contributed by atoms with van der Waals surface area (Å²) in [5, 5.41) is 3.85. The van der Waals surface area contributed by atoms with Crippen molar-refractivity contribution in [3.05, 3.63) is 38.9 Å². The first kappa shape index (κ1) is 10.4. The van der Waals surface area contributed by atoms with Gasteiger partial charge < -0.3 is 4.42 Å². The maximum Gasteiger partial charge on any atom is 0.421 e. The third-order valence-corrected chi connectivity index (χ3v) is 3.23. The van der Waals surface area contributed by atoms with Crippen LogP contribution in [0.2, 0.25) is 4.34 Å². The minimum Gasteiger partial charge on any atom is -0.406 e. The van der Waals surface area contributed by atoms with E-state index in [0.29, 0.717) is 21.3 Å². The summed E-state index contributed by atoms with van der Waals surface area (Å²) in [5.74, 6) is -0.484. The minimum absolute atomic E-state index is 0.207. The molecule has 0 radical (unpaired) electrons. The standard InChI is InChI=1S/C9H5ClN4O2S/c10-7-5(12-13-17-7)4-14-8-6(16-9(14)15)2-1-3-11-8/h1-3H,4H2. The molecule has 0 bridgehead atoms. The molecule has 8 heteroatoms. The number of fused-ring (bicyclic) bond motifs is 1. The van der Waals surface area contributed by atoms with Gasteiger partial charge in [0.25, 0.3) is 0 Å². The molecule has 6 nitrogen and oxygen atoms in total. The Morgan fingerprint density at radius 3 is 3.18 bits per heavy atom. The Balaban J connectivity index is 2.15. The summed E-state index contributed by atoms with van der Waals surface area (Å²) in [6.07, 6.45) is 1.59. The van der Waals surface area contributed by atoms with Crippen LogP contribution < -0.4 is 5.76 Å². The van der Waals surface area contributed by atoms with Crippen LogP contribution >= 0.6 is 23.1 Å². The maximum atomic E-state index is 11.6. The topological polar surface area (TPSA) is 73.8 Å². The molecular formula is C9H5ClN4O2S. The van der Waals surface area contributed by atoms with Crippen molar-refractivity contribution >= 4 is 34.4 Å². The lowest BCUT2D eigenvalue weighted by molar-refractivity contribution is 0.516. The van der Waals surface area contributed by atoms with E-state index in [1.54, 1.807) is 18.3 Å². The zero-order valence-corrected chi connectivity index (χ0v) is 9.90. The van der Waals surface area contributed by atoms with Gasteiger partial charge in [-0.15, -0.1) is 5.10 Å². The highest BCUT2D eigenvalue weighted by atomic mass is 35.5. The number of rotatable bonds is 2. The minimum atomic E-state index is -0.484. The first-order valence-corrected chi connectivity index (χ1v) is 5.82. The zero-order valence-electron chi connectivity index (χ0n) is 8.33. The van der Waals surface area contributed by atoms with Gasteiger partial charge in [-0.3, -0.25) is 4.57 Å². The van der Waals surface area contributed by atoms with E-state index in [4.69, 9.17) is 16.0 Å². The molecule has 0 saturated heterocycles. The smallest absolute Gasteiger partial charge is 0.406 e. The van der Waals surface area contributed by atoms with Crippen LogP contribution in [0.15, 0.2) is 27.5 Å². The largest absolute Gasteiger partial charge is 0.421 e. The number of pyridine rings is 1. The van der Waals surface area contributed by atoms with Crippen LogP contribution in [-0.2, 0) is 6.54 Å². The van der Waals surface area contributed by atoms with Gasteiger partial charge in [-0.2, -0.15) is 0 Å². The fourth-order valence-corrected chi connectivity index (χ4v) is 2.09. The van der Waals surface area contributed by atoms with Crippen molar-refractivity contribution in [2.24, 2.45) is 0 Å². The number of aromatic nitrogens is 4. The van der Waals surface area contributed by atoms with Crippen molar-refractivity contribution in [2.75, 3.05) is 0 Å². The van der Waals surface area contributed by atoms with Crippen molar-refractivity contribution in [1.82, 2.24) is 19.1 Å². The Hall–Kier alpha value is -1.73. The molecule has 0 aliphatic rings. The number of hydrogen-bond donors (Lipinski definition) is 0. The third-order valence-electron chi connectivity index (χ3n) is 2.24. The molecule has 0 aliphatic carbocycles. The molecule has 3 rings (SSSR count). The lowest BCUT2D eigenvalue weighted by atomic mass is 10.4. The second-order valence-corrected chi connectivity index (χ2v) is 4.63. The quantitative estimate of drug-likeness (QED) is 0.705. The first-order valence-electron chi connectivity index (χ1n) is 4.67. The van der Waals surface area contributed by atoms with Crippen molar-refractivity contribution in [3.63, 3.8) is 0 Å². The zero-order chi connectivity index (χ0) is 11.8. The van der Waals surface area contributed by atoms with Crippen LogP contribution in [0, 0.1) is 0 Å². The maximum absolute atomic E-state index is 11.6. The molecule has 3 heterocycles. The summed E-state index contributed by atoms with van der Waals surface area (Å²) in [4.78, 5) is 15.7. The Morgan fingerprint density at radius 2 is 2.41 bits per heavy atom. The highest BCUT2D eigenvalue weighted by Gasteiger charge is 2.13. The summed E-state index contributed by atoms with van der Waals surface area (Å²) in [6.45, 7) is 0.207. The molecule has 0 fully saturated rings. The van der Waals surface area contributed by atoms with E-state index in [9.17, 15) is 4.79 Å². The van der Waals surface area contributed by atoms with Crippen molar-refractivity contribution in [3.8, 4) is 0 Å². The van der Waals surface area contributed by atoms with E-state index < -0.39 is 5.76 Å². The van der Waals surface area contributed by atoms with Crippen LogP contribution in [0.1, 0.15) is 5.69 Å². The van der Waals surface area contributed by atoms with E-state index in [2.05, 4.69) is 14.6 Å². The van der Waals surface area contributed by atoms with E-state index in [1.165, 1.54) is 4.57 Å². The van der Waals surface area contributed by atoms with Crippen LogP contribution in [0.5, 0.6) is 0 Å². The highest BCUT2D eigenvalue weighted by Crippen LogP contribution is 2.19. The molecule has 0 spiro atoms. The highest BCUT2D eigenvalue weighted by molar-refractivity contribution is 7.10. The fourth-order valence-electron chi connectivity index (χ4n) is 1.48. The van der Waals surface area contributed by atoms with Crippen LogP contribution in [0.4, 0.5) is 0 Å². The van der Waals surface area contributed by atoms with Crippen molar-refractivity contribution < 1.29 is 4.42 Å². The van der Waals surface area contributed by atoms with Crippen LogP contribution in [0.3, 0.4) is 0 Å². The second-order valence-electron chi connectivity index (χ2n) is 3.27. The summed E-state index contributed by atoms with van der Waals surface area (Å²) in [7, 11) is 0. The normalized spacial score (nSPS) is 11.1. The summed E-state index contributed by atoms with van der Waals surface area (Å²) < 4.78 is 10.6. The van der Waals surface area contributed by atoms with Gasteiger partial charge >= 0.3 is 5.76 Å². The van der Waals surface area contributed by atoms with Crippen LogP contribution in [0.25, 0.3) is 11.2 Å². The molecule has 0 saturated carbocycles. The van der Waals surface area contributed by atoms with Gasteiger partial charge in [0.15, 0.2) is 11.2 Å². The van der Waals surface area contributed by atoms with Gasteiger partial charge in [0.1, 0.15) is 10.0 Å². The average Bonchev–Trinajstić information content (AvgIpc) is 2.85. The SMILES string of the molecule is O=c1oc2cccnc2n1Cc1nnsc1Cl. The molecule has 3 aromatic heterocycles. The summed E-state index contributed by atoms with van der Waals surface area (Å²) in [5.41, 5.74) is 1.45. The third kappa shape index (κ3) is 1.73. The second kappa shape index (κ2) is 3.94. The molecule has 86 valence electrons. The molecule has 0 unspecified atom stereocenters.